The van der Waals surface area contributed by atoms with Gasteiger partial charge in [-0.25, -0.2) is 0 Å². The quantitative estimate of drug-likeness (QED) is 0.612. The van der Waals surface area contributed by atoms with E-state index in [1.807, 2.05) is 0 Å². The standard InChI is InChI=1S/C15H19BrN2/c1-17-10-12-18(13-11-17)15-7-5-14(6-8-15)4-2-3-9-16/h5-8H,3,9-13H2,1H3. The number of nitrogens with zero attached hydrogens (tertiary/aromatic N) is 2. The van der Waals surface area contributed by atoms with Crippen LogP contribution in [0.2, 0.25) is 0 Å². The number of rotatable bonds is 2. The van der Waals surface area contributed by atoms with E-state index in [4.69, 9.17) is 0 Å². The summed E-state index contributed by atoms with van der Waals surface area (Å²) in [5, 5.41) is 0.944. The highest BCUT2D eigenvalue weighted by Crippen LogP contribution is 2.16. The summed E-state index contributed by atoms with van der Waals surface area (Å²) in [7, 11) is 2.18. The smallest absolute Gasteiger partial charge is 0.0367 e. The Labute approximate surface area is 118 Å². The first-order valence-electron chi connectivity index (χ1n) is 6.38. The third-order valence-electron chi connectivity index (χ3n) is 3.19. The minimum Gasteiger partial charge on any atom is -0.369 e. The second kappa shape index (κ2) is 6.82. The first-order chi connectivity index (χ1) is 8.79. The van der Waals surface area contributed by atoms with Crippen LogP contribution in [0, 0.1) is 11.8 Å². The lowest BCUT2D eigenvalue weighted by atomic mass is 10.2. The maximum Gasteiger partial charge on any atom is 0.0367 e. The van der Waals surface area contributed by atoms with E-state index in [0.29, 0.717) is 0 Å². The van der Waals surface area contributed by atoms with Gasteiger partial charge < -0.3 is 9.80 Å². The van der Waals surface area contributed by atoms with Crippen LogP contribution in [-0.4, -0.2) is 43.5 Å². The Kier molecular flexibility index (Phi) is 5.10. The lowest BCUT2D eigenvalue weighted by molar-refractivity contribution is 0.313. The maximum atomic E-state index is 3.38. The summed E-state index contributed by atoms with van der Waals surface area (Å²) in [6.45, 7) is 4.52. The minimum absolute atomic E-state index is 0.903. The van der Waals surface area contributed by atoms with E-state index in [1.165, 1.54) is 5.69 Å². The molecule has 1 saturated heterocycles. The van der Waals surface area contributed by atoms with Gasteiger partial charge in [0.2, 0.25) is 0 Å². The van der Waals surface area contributed by atoms with Gasteiger partial charge in [-0.3, -0.25) is 0 Å². The van der Waals surface area contributed by atoms with Crippen LogP contribution in [0.1, 0.15) is 12.0 Å². The van der Waals surface area contributed by atoms with Crippen LogP contribution in [0.5, 0.6) is 0 Å². The molecule has 0 unspecified atom stereocenters. The van der Waals surface area contributed by atoms with E-state index in [-0.39, 0.29) is 0 Å². The summed E-state index contributed by atoms with van der Waals surface area (Å²) in [6, 6.07) is 8.61. The summed E-state index contributed by atoms with van der Waals surface area (Å²) >= 11 is 3.38. The Bertz CT molecular complexity index is 422. The Morgan fingerprint density at radius 3 is 2.39 bits per heavy atom. The molecular formula is C15H19BrN2. The Morgan fingerprint density at radius 1 is 1.11 bits per heavy atom. The van der Waals surface area contributed by atoms with Gasteiger partial charge in [0.05, 0.1) is 0 Å². The zero-order valence-electron chi connectivity index (χ0n) is 10.8. The van der Waals surface area contributed by atoms with Crippen molar-refractivity contribution < 1.29 is 0 Å². The highest BCUT2D eigenvalue weighted by molar-refractivity contribution is 9.09. The van der Waals surface area contributed by atoms with Crippen LogP contribution < -0.4 is 4.90 Å². The average Bonchev–Trinajstić information content (AvgIpc) is 2.41. The van der Waals surface area contributed by atoms with E-state index in [2.05, 4.69) is 68.9 Å². The fraction of sp³-hybridized carbons (Fsp3) is 0.467. The molecule has 1 aliphatic rings. The molecule has 1 fully saturated rings. The fourth-order valence-electron chi connectivity index (χ4n) is 2.03. The predicted molar refractivity (Wildman–Crippen MR) is 81.4 cm³/mol. The van der Waals surface area contributed by atoms with Gasteiger partial charge in [0.1, 0.15) is 0 Å². The first-order valence-corrected chi connectivity index (χ1v) is 7.50. The molecular weight excluding hydrogens is 288 g/mol. The van der Waals surface area contributed by atoms with Crippen molar-refractivity contribution >= 4 is 21.6 Å². The Morgan fingerprint density at radius 2 is 1.78 bits per heavy atom. The van der Waals surface area contributed by atoms with Crippen molar-refractivity contribution in [3.63, 3.8) is 0 Å². The number of hydrogen-bond acceptors (Lipinski definition) is 2. The van der Waals surface area contributed by atoms with Crippen molar-refractivity contribution in [3.8, 4) is 11.8 Å². The molecule has 1 aromatic rings. The van der Waals surface area contributed by atoms with Gasteiger partial charge in [0, 0.05) is 49.2 Å². The van der Waals surface area contributed by atoms with Crippen LogP contribution in [0.3, 0.4) is 0 Å². The molecule has 18 heavy (non-hydrogen) atoms. The van der Waals surface area contributed by atoms with Crippen LogP contribution in [0.4, 0.5) is 5.69 Å². The monoisotopic (exact) mass is 306 g/mol. The number of likely N-dealkylation sites (N-methyl/N-ethyl adjacent to an activating group) is 1. The number of piperazine rings is 1. The molecule has 1 heterocycles. The van der Waals surface area contributed by atoms with Gasteiger partial charge in [-0.1, -0.05) is 27.8 Å². The van der Waals surface area contributed by atoms with Crippen LogP contribution in [0.15, 0.2) is 24.3 Å². The van der Waals surface area contributed by atoms with Gasteiger partial charge in [0.15, 0.2) is 0 Å². The number of anilines is 1. The molecule has 96 valence electrons. The molecule has 0 bridgehead atoms. The van der Waals surface area contributed by atoms with Gasteiger partial charge in [-0.2, -0.15) is 0 Å². The lowest BCUT2D eigenvalue weighted by Gasteiger charge is -2.34. The summed E-state index contributed by atoms with van der Waals surface area (Å²) in [6.07, 6.45) is 0.903. The third kappa shape index (κ3) is 3.76. The van der Waals surface area contributed by atoms with E-state index < -0.39 is 0 Å². The van der Waals surface area contributed by atoms with Crippen molar-refractivity contribution in [3.05, 3.63) is 29.8 Å². The molecule has 0 amide bonds. The molecule has 1 aromatic carbocycles. The van der Waals surface area contributed by atoms with E-state index >= 15 is 0 Å². The predicted octanol–water partition coefficient (Wildman–Crippen LogP) is 2.57. The molecule has 0 N–H and O–H groups in total. The zero-order valence-corrected chi connectivity index (χ0v) is 12.4. The van der Waals surface area contributed by atoms with Gasteiger partial charge in [-0.15, -0.1) is 0 Å². The van der Waals surface area contributed by atoms with Crippen molar-refractivity contribution in [2.24, 2.45) is 0 Å². The van der Waals surface area contributed by atoms with Crippen molar-refractivity contribution in [2.75, 3.05) is 43.5 Å². The molecule has 0 radical (unpaired) electrons. The molecule has 1 aliphatic heterocycles. The number of alkyl halides is 1. The molecule has 0 saturated carbocycles. The van der Waals surface area contributed by atoms with Crippen LogP contribution in [0.25, 0.3) is 0 Å². The van der Waals surface area contributed by atoms with Crippen molar-refractivity contribution in [2.45, 2.75) is 6.42 Å². The average molecular weight is 307 g/mol. The van der Waals surface area contributed by atoms with Crippen molar-refractivity contribution in [1.29, 1.82) is 0 Å². The summed E-state index contributed by atoms with van der Waals surface area (Å²) < 4.78 is 0. The Hall–Kier alpha value is -0.980. The number of halogens is 1. The molecule has 0 atom stereocenters. The van der Waals surface area contributed by atoms with Gasteiger partial charge in [-0.05, 0) is 31.3 Å². The van der Waals surface area contributed by atoms with E-state index in [0.717, 1.165) is 43.5 Å². The first kappa shape index (κ1) is 13.5. The normalized spacial score (nSPS) is 16.2. The van der Waals surface area contributed by atoms with E-state index in [1.54, 1.807) is 0 Å². The summed E-state index contributed by atoms with van der Waals surface area (Å²) in [4.78, 5) is 4.81. The SMILES string of the molecule is CN1CCN(c2ccc(C#CCCBr)cc2)CC1. The fourth-order valence-corrected chi connectivity index (χ4v) is 2.23. The largest absolute Gasteiger partial charge is 0.369 e. The maximum absolute atomic E-state index is 3.38. The lowest BCUT2D eigenvalue weighted by Crippen LogP contribution is -2.44. The summed E-state index contributed by atoms with van der Waals surface area (Å²) in [5.41, 5.74) is 2.42. The molecule has 3 heteroatoms. The van der Waals surface area contributed by atoms with Gasteiger partial charge in [0.25, 0.3) is 0 Å². The van der Waals surface area contributed by atoms with E-state index in [9.17, 15) is 0 Å². The highest BCUT2D eigenvalue weighted by atomic mass is 79.9. The highest BCUT2D eigenvalue weighted by Gasteiger charge is 2.13. The minimum atomic E-state index is 0.903. The molecule has 0 spiro atoms. The Balaban J connectivity index is 1.97. The van der Waals surface area contributed by atoms with Crippen molar-refractivity contribution in [1.82, 2.24) is 4.90 Å². The number of benzene rings is 1. The second-order valence-corrected chi connectivity index (χ2v) is 5.37. The second-order valence-electron chi connectivity index (χ2n) is 4.58. The molecule has 0 aromatic heterocycles. The number of hydrogen-bond donors (Lipinski definition) is 0. The van der Waals surface area contributed by atoms with Gasteiger partial charge >= 0.3 is 0 Å². The third-order valence-corrected chi connectivity index (χ3v) is 3.58. The topological polar surface area (TPSA) is 6.48 Å². The zero-order chi connectivity index (χ0) is 12.8. The van der Waals surface area contributed by atoms with Crippen LogP contribution >= 0.6 is 15.9 Å². The summed E-state index contributed by atoms with van der Waals surface area (Å²) in [5.74, 6) is 6.32. The molecule has 0 aliphatic carbocycles. The van der Waals surface area contributed by atoms with Crippen LogP contribution in [-0.2, 0) is 0 Å². The molecule has 2 nitrogen and oxygen atoms in total. The molecule has 2 rings (SSSR count).